The molecule has 2 N–H and O–H groups in total. The smallest absolute Gasteiger partial charge is 0.0415 e. The van der Waals surface area contributed by atoms with E-state index in [-0.39, 0.29) is 5.54 Å². The topological polar surface area (TPSA) is 26.0 Å². The fourth-order valence-electron chi connectivity index (χ4n) is 3.02. The van der Waals surface area contributed by atoms with E-state index < -0.39 is 0 Å². The second-order valence-electron chi connectivity index (χ2n) is 5.48. The van der Waals surface area contributed by atoms with Crippen LogP contribution < -0.4 is 5.73 Å². The Morgan fingerprint density at radius 3 is 2.71 bits per heavy atom. The van der Waals surface area contributed by atoms with Gasteiger partial charge >= 0.3 is 0 Å². The predicted molar refractivity (Wildman–Crippen MR) is 74.0 cm³/mol. The van der Waals surface area contributed by atoms with Crippen LogP contribution in [0.3, 0.4) is 0 Å². The number of fused-ring (bicyclic) bond motifs is 1. The largest absolute Gasteiger partial charge is 0.321 e. The molecule has 0 saturated carbocycles. The van der Waals surface area contributed by atoms with Gasteiger partial charge in [0.25, 0.3) is 0 Å². The van der Waals surface area contributed by atoms with E-state index in [1.54, 1.807) is 0 Å². The van der Waals surface area contributed by atoms with Crippen LogP contribution in [0.2, 0.25) is 0 Å². The zero-order chi connectivity index (χ0) is 12.1. The molecule has 1 unspecified atom stereocenters. The van der Waals surface area contributed by atoms with E-state index in [4.69, 9.17) is 5.73 Å². The van der Waals surface area contributed by atoms with E-state index in [9.17, 15) is 0 Å². The van der Waals surface area contributed by atoms with Gasteiger partial charge in [0.1, 0.15) is 0 Å². The van der Waals surface area contributed by atoms with Gasteiger partial charge in [-0.15, -0.1) is 0 Å². The van der Waals surface area contributed by atoms with Crippen molar-refractivity contribution in [2.75, 3.05) is 0 Å². The molecule has 1 aromatic rings. The van der Waals surface area contributed by atoms with Gasteiger partial charge in [0.2, 0.25) is 0 Å². The van der Waals surface area contributed by atoms with Crippen LogP contribution in [0.15, 0.2) is 24.3 Å². The Morgan fingerprint density at radius 2 is 1.88 bits per heavy atom. The van der Waals surface area contributed by atoms with Crippen LogP contribution in [0.4, 0.5) is 0 Å². The second kappa shape index (κ2) is 5.68. The first kappa shape index (κ1) is 12.6. The van der Waals surface area contributed by atoms with Crippen LogP contribution >= 0.6 is 0 Å². The molecule has 0 saturated heterocycles. The van der Waals surface area contributed by atoms with Gasteiger partial charge in [-0.3, -0.25) is 0 Å². The molecule has 0 aromatic heterocycles. The Morgan fingerprint density at radius 1 is 1.12 bits per heavy atom. The van der Waals surface area contributed by atoms with Crippen LogP contribution in [-0.2, 0) is 12.0 Å². The molecule has 1 nitrogen and oxygen atoms in total. The summed E-state index contributed by atoms with van der Waals surface area (Å²) in [4.78, 5) is 0. The third-order valence-corrected chi connectivity index (χ3v) is 4.12. The number of hydrogen-bond acceptors (Lipinski definition) is 1. The van der Waals surface area contributed by atoms with Crippen LogP contribution in [0, 0.1) is 0 Å². The van der Waals surface area contributed by atoms with Gasteiger partial charge in [0.05, 0.1) is 0 Å². The normalized spacial score (nSPS) is 22.7. The number of rotatable bonds is 6. The summed E-state index contributed by atoms with van der Waals surface area (Å²) in [5.74, 6) is 0. The summed E-state index contributed by atoms with van der Waals surface area (Å²) in [5, 5.41) is 0. The molecule has 1 aromatic carbocycles. The zero-order valence-corrected chi connectivity index (χ0v) is 11.0. The fraction of sp³-hybridized carbons (Fsp3) is 0.625. The van der Waals surface area contributed by atoms with Crippen molar-refractivity contribution < 1.29 is 0 Å². The summed E-state index contributed by atoms with van der Waals surface area (Å²) in [5.41, 5.74) is 9.45. The first-order valence-electron chi connectivity index (χ1n) is 7.13. The molecule has 17 heavy (non-hydrogen) atoms. The third kappa shape index (κ3) is 2.90. The minimum absolute atomic E-state index is 0.0250. The van der Waals surface area contributed by atoms with Crippen molar-refractivity contribution in [3.63, 3.8) is 0 Å². The lowest BCUT2D eigenvalue weighted by Gasteiger charge is -2.25. The summed E-state index contributed by atoms with van der Waals surface area (Å²) in [6.45, 7) is 2.26. The molecule has 1 aliphatic carbocycles. The highest BCUT2D eigenvalue weighted by molar-refractivity contribution is 5.38. The van der Waals surface area contributed by atoms with Crippen molar-refractivity contribution in [1.29, 1.82) is 0 Å². The molecular weight excluding hydrogens is 206 g/mol. The maximum atomic E-state index is 6.59. The van der Waals surface area contributed by atoms with Crippen LogP contribution in [0.1, 0.15) is 63.0 Å². The lowest BCUT2D eigenvalue weighted by molar-refractivity contribution is 0.384. The van der Waals surface area contributed by atoms with Crippen molar-refractivity contribution in [2.45, 2.75) is 63.8 Å². The highest BCUT2D eigenvalue weighted by Crippen LogP contribution is 2.38. The predicted octanol–water partition coefficient (Wildman–Crippen LogP) is 4.15. The molecular formula is C16H25N. The quantitative estimate of drug-likeness (QED) is 0.731. The molecule has 0 aliphatic heterocycles. The average molecular weight is 231 g/mol. The van der Waals surface area contributed by atoms with Gasteiger partial charge in [-0.25, -0.2) is 0 Å². The van der Waals surface area contributed by atoms with Gasteiger partial charge in [-0.05, 0) is 30.4 Å². The van der Waals surface area contributed by atoms with Crippen molar-refractivity contribution in [1.82, 2.24) is 0 Å². The molecule has 0 amide bonds. The number of nitrogens with two attached hydrogens (primary N) is 1. The van der Waals surface area contributed by atoms with Gasteiger partial charge in [0, 0.05) is 5.54 Å². The maximum Gasteiger partial charge on any atom is 0.0415 e. The van der Waals surface area contributed by atoms with Crippen molar-refractivity contribution in [3.8, 4) is 0 Å². The average Bonchev–Trinajstić information content (AvgIpc) is 2.68. The van der Waals surface area contributed by atoms with Crippen molar-refractivity contribution >= 4 is 0 Å². The van der Waals surface area contributed by atoms with E-state index >= 15 is 0 Å². The lowest BCUT2D eigenvalue weighted by atomic mass is 9.87. The van der Waals surface area contributed by atoms with Gasteiger partial charge in [-0.1, -0.05) is 63.3 Å². The minimum atomic E-state index is -0.0250. The second-order valence-corrected chi connectivity index (χ2v) is 5.48. The first-order valence-corrected chi connectivity index (χ1v) is 7.13. The summed E-state index contributed by atoms with van der Waals surface area (Å²) in [7, 11) is 0. The molecule has 94 valence electrons. The highest BCUT2D eigenvalue weighted by Gasteiger charge is 2.33. The molecule has 0 fully saturated rings. The number of aryl methyl sites for hydroxylation is 1. The molecule has 1 aliphatic rings. The van der Waals surface area contributed by atoms with Crippen LogP contribution in [-0.4, -0.2) is 0 Å². The van der Waals surface area contributed by atoms with Crippen LogP contribution in [0.5, 0.6) is 0 Å². The minimum Gasteiger partial charge on any atom is -0.321 e. The summed E-state index contributed by atoms with van der Waals surface area (Å²) in [6.07, 6.45) is 10.1. The zero-order valence-electron chi connectivity index (χ0n) is 11.0. The Hall–Kier alpha value is -0.820. The maximum absolute atomic E-state index is 6.59. The van der Waals surface area contributed by atoms with E-state index in [0.717, 1.165) is 12.8 Å². The van der Waals surface area contributed by atoms with E-state index in [1.807, 2.05) is 0 Å². The van der Waals surface area contributed by atoms with Crippen molar-refractivity contribution in [3.05, 3.63) is 35.4 Å². The molecule has 0 bridgehead atoms. The molecule has 2 rings (SSSR count). The highest BCUT2D eigenvalue weighted by atomic mass is 14.8. The monoisotopic (exact) mass is 231 g/mol. The van der Waals surface area contributed by atoms with Gasteiger partial charge in [0.15, 0.2) is 0 Å². The number of hydrogen-bond donors (Lipinski definition) is 1. The summed E-state index contributed by atoms with van der Waals surface area (Å²) < 4.78 is 0. The van der Waals surface area contributed by atoms with Crippen molar-refractivity contribution in [2.24, 2.45) is 5.73 Å². The van der Waals surface area contributed by atoms with Gasteiger partial charge in [-0.2, -0.15) is 0 Å². The fourth-order valence-corrected chi connectivity index (χ4v) is 3.02. The van der Waals surface area contributed by atoms with Gasteiger partial charge < -0.3 is 5.73 Å². The van der Waals surface area contributed by atoms with E-state index in [0.29, 0.717) is 0 Å². The Bertz CT molecular complexity index is 358. The van der Waals surface area contributed by atoms with E-state index in [1.165, 1.54) is 49.7 Å². The first-order chi connectivity index (χ1) is 8.26. The molecule has 1 heteroatoms. The Balaban J connectivity index is 1.88. The third-order valence-electron chi connectivity index (χ3n) is 4.12. The standard InChI is InChI=1S/C16H25N/c1-2-3-4-5-8-12-16(17)13-11-14-9-6-7-10-15(14)16/h6-7,9-10H,2-5,8,11-13,17H2,1H3. The van der Waals surface area contributed by atoms with E-state index in [2.05, 4.69) is 31.2 Å². The molecule has 0 radical (unpaired) electrons. The SMILES string of the molecule is CCCCCCCC1(N)CCc2ccccc21. The Labute approximate surface area is 105 Å². The summed E-state index contributed by atoms with van der Waals surface area (Å²) in [6, 6.07) is 8.73. The lowest BCUT2D eigenvalue weighted by Crippen LogP contribution is -2.33. The summed E-state index contributed by atoms with van der Waals surface area (Å²) >= 11 is 0. The molecule has 0 heterocycles. The van der Waals surface area contributed by atoms with Crippen LogP contribution in [0.25, 0.3) is 0 Å². The Kier molecular flexibility index (Phi) is 4.22. The number of benzene rings is 1. The number of unbranched alkanes of at least 4 members (excludes halogenated alkanes) is 4. The molecule has 0 spiro atoms. The molecule has 1 atom stereocenters.